The number of rotatable bonds is 19. The van der Waals surface area contributed by atoms with Gasteiger partial charge in [-0.15, -0.1) is 0 Å². The summed E-state index contributed by atoms with van der Waals surface area (Å²) < 4.78 is 0. The van der Waals surface area contributed by atoms with Gasteiger partial charge in [0.15, 0.2) is 0 Å². The van der Waals surface area contributed by atoms with Gasteiger partial charge in [0.1, 0.15) is 0 Å². The summed E-state index contributed by atoms with van der Waals surface area (Å²) in [6.07, 6.45) is 7.75. The van der Waals surface area contributed by atoms with Gasteiger partial charge in [-0.05, 0) is 43.5 Å². The molecule has 0 spiro atoms. The molecule has 2 fully saturated rings. The van der Waals surface area contributed by atoms with E-state index in [2.05, 4.69) is 39.2 Å². The van der Waals surface area contributed by atoms with Crippen molar-refractivity contribution in [3.8, 4) is 0 Å². The van der Waals surface area contributed by atoms with Crippen molar-refractivity contribution in [2.24, 2.45) is 0 Å². The lowest BCUT2D eigenvalue weighted by atomic mass is 10.0. The Labute approximate surface area is 232 Å². The molecule has 0 aromatic rings. The third kappa shape index (κ3) is 12.2. The van der Waals surface area contributed by atoms with Crippen LogP contribution in [0.3, 0.4) is 0 Å². The number of hydrogen-bond donors (Lipinski definition) is 6. The zero-order valence-corrected chi connectivity index (χ0v) is 24.4. The molecular formula is C23H41N5O4S4. The first-order valence-corrected chi connectivity index (χ1v) is 16.8. The van der Waals surface area contributed by atoms with E-state index in [-0.39, 0.29) is 41.1 Å². The van der Waals surface area contributed by atoms with Crippen LogP contribution in [-0.2, 0) is 14.4 Å². The van der Waals surface area contributed by atoms with Gasteiger partial charge in [0.25, 0.3) is 0 Å². The predicted molar refractivity (Wildman–Crippen MR) is 155 cm³/mol. The molecule has 2 saturated heterocycles. The molecule has 0 aromatic heterocycles. The summed E-state index contributed by atoms with van der Waals surface area (Å²) >= 11 is 6.05. The van der Waals surface area contributed by atoms with Crippen LogP contribution in [0.25, 0.3) is 0 Å². The molecule has 5 N–H and O–H groups in total. The average molecular weight is 580 g/mol. The molecule has 0 saturated carbocycles. The fourth-order valence-electron chi connectivity index (χ4n) is 4.09. The number of fused-ring (bicyclic) bond motifs is 1. The van der Waals surface area contributed by atoms with E-state index < -0.39 is 0 Å². The predicted octanol–water partition coefficient (Wildman–Crippen LogP) is 2.32. The number of thioether (sulfide) groups is 1. The molecule has 13 heteroatoms. The number of urea groups is 1. The van der Waals surface area contributed by atoms with E-state index in [1.54, 1.807) is 7.05 Å². The van der Waals surface area contributed by atoms with Crippen LogP contribution in [0.5, 0.6) is 0 Å². The van der Waals surface area contributed by atoms with Crippen LogP contribution in [0.15, 0.2) is 0 Å². The van der Waals surface area contributed by atoms with E-state index >= 15 is 0 Å². The summed E-state index contributed by atoms with van der Waals surface area (Å²) in [4.78, 5) is 47.2. The van der Waals surface area contributed by atoms with Gasteiger partial charge in [0.05, 0.1) is 18.1 Å². The van der Waals surface area contributed by atoms with Gasteiger partial charge in [-0.25, -0.2) is 4.79 Å². The first-order valence-electron chi connectivity index (χ1n) is 12.8. The number of hydrogen-bond acceptors (Lipinski definition) is 9. The Morgan fingerprint density at radius 2 is 1.72 bits per heavy atom. The first kappa shape index (κ1) is 31.5. The number of likely N-dealkylation sites (N-methyl/N-ethyl adjacent to an activating group) is 1. The molecule has 0 radical (unpaired) electrons. The molecule has 2 aliphatic heterocycles. The summed E-state index contributed by atoms with van der Waals surface area (Å²) in [5, 5.41) is 15.3. The van der Waals surface area contributed by atoms with Crippen LogP contribution in [0.2, 0.25) is 0 Å². The van der Waals surface area contributed by atoms with Gasteiger partial charge in [0, 0.05) is 48.4 Å². The van der Waals surface area contributed by atoms with Crippen molar-refractivity contribution in [3.05, 3.63) is 0 Å². The molecule has 4 atom stereocenters. The number of carbonyl (C=O) groups excluding carboxylic acids is 4. The second-order valence-corrected chi connectivity index (χ2v) is 13.0. The molecule has 4 amide bonds. The van der Waals surface area contributed by atoms with Crippen LogP contribution in [-0.4, -0.2) is 83.7 Å². The standard InChI is InChI=1S/C23H41N5O4S4/c1-24-16(14-33)22(31)36-35-13-10-20(30)26-12-7-3-2-6-11-25-19(29)9-5-4-8-18-21-17(15-34-18)27-23(32)28-21/h16-18,21,24,33H,2-15H2,1H3,(H,25,29)(H,26,30)(H2,27,28,32)/t16-,17?,18?,21?/m0/s1. The molecule has 36 heavy (non-hydrogen) atoms. The van der Waals surface area contributed by atoms with Crippen molar-refractivity contribution in [2.45, 2.75) is 81.2 Å². The van der Waals surface area contributed by atoms with Gasteiger partial charge in [-0.3, -0.25) is 14.4 Å². The van der Waals surface area contributed by atoms with E-state index in [0.717, 1.165) is 50.7 Å². The maximum atomic E-state index is 12.0. The Balaban J connectivity index is 1.34. The van der Waals surface area contributed by atoms with Crippen LogP contribution in [0.4, 0.5) is 4.79 Å². The molecule has 3 unspecified atom stereocenters. The van der Waals surface area contributed by atoms with Gasteiger partial charge >= 0.3 is 6.03 Å². The Morgan fingerprint density at radius 3 is 2.39 bits per heavy atom. The maximum Gasteiger partial charge on any atom is 0.315 e. The van der Waals surface area contributed by atoms with Crippen molar-refractivity contribution in [1.29, 1.82) is 0 Å². The summed E-state index contributed by atoms with van der Waals surface area (Å²) in [6.45, 7) is 1.35. The lowest BCUT2D eigenvalue weighted by Gasteiger charge is -2.16. The van der Waals surface area contributed by atoms with Crippen LogP contribution in [0, 0.1) is 0 Å². The fraction of sp³-hybridized carbons (Fsp3) is 0.826. The summed E-state index contributed by atoms with van der Waals surface area (Å²) in [5.74, 6) is 2.15. The van der Waals surface area contributed by atoms with Gasteiger partial charge < -0.3 is 26.6 Å². The minimum Gasteiger partial charge on any atom is -0.356 e. The Morgan fingerprint density at radius 1 is 1.03 bits per heavy atom. The lowest BCUT2D eigenvalue weighted by Crippen LogP contribution is -2.36. The van der Waals surface area contributed by atoms with E-state index in [1.165, 1.54) is 21.6 Å². The number of unbranched alkanes of at least 4 members (excludes halogenated alkanes) is 4. The summed E-state index contributed by atoms with van der Waals surface area (Å²) in [6, 6.07) is 0.180. The molecule has 0 aromatic carbocycles. The smallest absolute Gasteiger partial charge is 0.315 e. The van der Waals surface area contributed by atoms with Crippen molar-refractivity contribution >= 4 is 68.9 Å². The van der Waals surface area contributed by atoms with Crippen molar-refractivity contribution in [2.75, 3.05) is 37.4 Å². The minimum absolute atomic E-state index is 0.0122. The largest absolute Gasteiger partial charge is 0.356 e. The topological polar surface area (TPSA) is 128 Å². The Bertz CT molecular complexity index is 714. The monoisotopic (exact) mass is 579 g/mol. The highest BCUT2D eigenvalue weighted by atomic mass is 33.1. The first-order chi connectivity index (χ1) is 17.4. The SMILES string of the molecule is CN[C@@H](CS)C(=O)SSCCC(=O)NCCCCCCNC(=O)CCCCC1SCC2NC(=O)NC21. The van der Waals surface area contributed by atoms with Gasteiger partial charge in [0.2, 0.25) is 16.9 Å². The number of thiol groups is 1. The maximum absolute atomic E-state index is 12.0. The lowest BCUT2D eigenvalue weighted by molar-refractivity contribution is -0.121. The third-order valence-electron chi connectivity index (χ3n) is 6.20. The van der Waals surface area contributed by atoms with Crippen LogP contribution >= 0.6 is 46.0 Å². The molecule has 206 valence electrons. The van der Waals surface area contributed by atoms with Gasteiger partial charge in [-0.2, -0.15) is 24.4 Å². The van der Waals surface area contributed by atoms with Crippen molar-refractivity contribution in [3.63, 3.8) is 0 Å². The van der Waals surface area contributed by atoms with Crippen molar-refractivity contribution in [1.82, 2.24) is 26.6 Å². The minimum atomic E-state index is -0.260. The molecule has 2 heterocycles. The summed E-state index contributed by atoms with van der Waals surface area (Å²) in [7, 11) is 4.31. The van der Waals surface area contributed by atoms with Crippen LogP contribution in [0.1, 0.15) is 57.8 Å². The second-order valence-electron chi connectivity index (χ2n) is 8.98. The van der Waals surface area contributed by atoms with E-state index in [0.29, 0.717) is 42.7 Å². The average Bonchev–Trinajstić information content (AvgIpc) is 3.41. The van der Waals surface area contributed by atoms with Crippen molar-refractivity contribution < 1.29 is 19.2 Å². The summed E-state index contributed by atoms with van der Waals surface area (Å²) in [5.41, 5.74) is 0. The molecule has 2 rings (SSSR count). The molecular weight excluding hydrogens is 539 g/mol. The molecule has 0 bridgehead atoms. The molecule has 9 nitrogen and oxygen atoms in total. The van der Waals surface area contributed by atoms with E-state index in [4.69, 9.17) is 0 Å². The third-order valence-corrected chi connectivity index (χ3v) is 10.4. The Kier molecular flexibility index (Phi) is 16.2. The molecule has 2 aliphatic rings. The Hall–Kier alpha value is -0.760. The molecule has 0 aliphatic carbocycles. The van der Waals surface area contributed by atoms with E-state index in [9.17, 15) is 19.2 Å². The van der Waals surface area contributed by atoms with E-state index in [1.807, 2.05) is 11.8 Å². The number of amides is 4. The van der Waals surface area contributed by atoms with Crippen LogP contribution < -0.4 is 26.6 Å². The highest BCUT2D eigenvalue weighted by Crippen LogP contribution is 2.33. The zero-order chi connectivity index (χ0) is 26.2. The second kappa shape index (κ2) is 18.5. The zero-order valence-electron chi connectivity index (χ0n) is 21.0. The van der Waals surface area contributed by atoms with Gasteiger partial charge in [-0.1, -0.05) is 30.1 Å². The highest BCUT2D eigenvalue weighted by Gasteiger charge is 2.42. The fourth-order valence-corrected chi connectivity index (χ4v) is 8.08. The normalized spacial score (nSPS) is 21.4. The highest BCUT2D eigenvalue weighted by molar-refractivity contribution is 8.82. The number of nitrogens with one attached hydrogen (secondary N) is 5. The number of carbonyl (C=O) groups is 4. The quantitative estimate of drug-likeness (QED) is 0.0596.